The van der Waals surface area contributed by atoms with Crippen molar-refractivity contribution in [3.05, 3.63) is 28.0 Å². The second-order valence-electron chi connectivity index (χ2n) is 3.96. The van der Waals surface area contributed by atoms with Crippen molar-refractivity contribution < 1.29 is 12.8 Å². The van der Waals surface area contributed by atoms with E-state index in [-0.39, 0.29) is 9.92 Å². The Hall–Kier alpha value is -0.400. The first kappa shape index (κ1) is 16.7. The monoisotopic (exact) mass is 328 g/mol. The molecule has 0 saturated heterocycles. The molecule has 4 nitrogen and oxygen atoms in total. The molecule has 0 heterocycles. The van der Waals surface area contributed by atoms with Crippen molar-refractivity contribution >= 4 is 33.2 Å². The van der Waals surface area contributed by atoms with Crippen molar-refractivity contribution in [2.24, 2.45) is 0 Å². The van der Waals surface area contributed by atoms with Crippen molar-refractivity contribution in [3.63, 3.8) is 0 Å². The summed E-state index contributed by atoms with van der Waals surface area (Å²) in [5.41, 5.74) is 0. The van der Waals surface area contributed by atoms with Crippen molar-refractivity contribution in [2.45, 2.75) is 11.3 Å². The number of benzene rings is 1. The summed E-state index contributed by atoms with van der Waals surface area (Å²) in [6.45, 7) is 0.992. The van der Waals surface area contributed by atoms with Gasteiger partial charge in [-0.1, -0.05) is 23.2 Å². The highest BCUT2D eigenvalue weighted by Crippen LogP contribution is 2.30. The summed E-state index contributed by atoms with van der Waals surface area (Å²) in [5, 5.41) is 2.23. The van der Waals surface area contributed by atoms with Gasteiger partial charge in [-0.3, -0.25) is 0 Å². The smallest absolute Gasteiger partial charge is 0.244 e. The molecule has 8 heteroatoms. The zero-order valence-corrected chi connectivity index (χ0v) is 12.9. The maximum Gasteiger partial charge on any atom is 0.244 e. The predicted molar refractivity (Wildman–Crippen MR) is 74.8 cm³/mol. The molecule has 1 aromatic carbocycles. The highest BCUT2D eigenvalue weighted by molar-refractivity contribution is 7.89. The molecule has 19 heavy (non-hydrogen) atoms. The maximum atomic E-state index is 13.5. The van der Waals surface area contributed by atoms with Gasteiger partial charge in [0.2, 0.25) is 10.0 Å². The Labute approximate surface area is 122 Å². The van der Waals surface area contributed by atoms with Crippen LogP contribution >= 0.6 is 23.2 Å². The van der Waals surface area contributed by atoms with Crippen LogP contribution in [0.25, 0.3) is 0 Å². The van der Waals surface area contributed by atoms with Gasteiger partial charge in [-0.05, 0) is 32.1 Å². The molecule has 0 aliphatic carbocycles. The van der Waals surface area contributed by atoms with Crippen LogP contribution in [0.1, 0.15) is 6.42 Å². The zero-order valence-electron chi connectivity index (χ0n) is 10.6. The second-order valence-corrected chi connectivity index (χ2v) is 6.76. The van der Waals surface area contributed by atoms with Crippen molar-refractivity contribution in [1.82, 2.24) is 9.62 Å². The average molecular weight is 329 g/mol. The number of hydrogen-bond donors (Lipinski definition) is 1. The maximum absolute atomic E-state index is 13.5. The molecule has 1 N–H and O–H groups in total. The third kappa shape index (κ3) is 3.79. The normalized spacial score (nSPS) is 12.1. The van der Waals surface area contributed by atoms with Crippen LogP contribution in [0.2, 0.25) is 10.0 Å². The van der Waals surface area contributed by atoms with Crippen LogP contribution in [-0.2, 0) is 10.0 Å². The van der Waals surface area contributed by atoms with Crippen LogP contribution in [-0.4, -0.2) is 39.9 Å². The first-order chi connectivity index (χ1) is 8.82. The first-order valence-electron chi connectivity index (χ1n) is 5.56. The van der Waals surface area contributed by atoms with Gasteiger partial charge in [0.05, 0.1) is 10.0 Å². The molecule has 0 amide bonds. The van der Waals surface area contributed by atoms with Gasteiger partial charge in [0.1, 0.15) is 4.90 Å². The second kappa shape index (κ2) is 6.85. The van der Waals surface area contributed by atoms with Crippen LogP contribution in [0.5, 0.6) is 0 Å². The molecule has 0 unspecified atom stereocenters. The van der Waals surface area contributed by atoms with E-state index >= 15 is 0 Å². The van der Waals surface area contributed by atoms with Crippen LogP contribution < -0.4 is 5.32 Å². The summed E-state index contributed by atoms with van der Waals surface area (Å²) < 4.78 is 39.1. The van der Waals surface area contributed by atoms with Crippen molar-refractivity contribution in [3.8, 4) is 0 Å². The molecule has 0 saturated carbocycles. The lowest BCUT2D eigenvalue weighted by atomic mass is 10.3. The summed E-state index contributed by atoms with van der Waals surface area (Å²) >= 11 is 11.3. The van der Waals surface area contributed by atoms with Gasteiger partial charge in [0.15, 0.2) is 5.82 Å². The van der Waals surface area contributed by atoms with Crippen LogP contribution in [0.4, 0.5) is 4.39 Å². The SMILES string of the molecule is CNCCCN(C)S(=O)(=O)c1ccc(Cl)c(F)c1Cl. The van der Waals surface area contributed by atoms with E-state index in [1.165, 1.54) is 19.2 Å². The van der Waals surface area contributed by atoms with E-state index in [1.807, 2.05) is 0 Å². The Kier molecular flexibility index (Phi) is 6.01. The van der Waals surface area contributed by atoms with E-state index < -0.39 is 20.9 Å². The summed E-state index contributed by atoms with van der Waals surface area (Å²) in [5.74, 6) is -0.923. The molecule has 0 aliphatic heterocycles. The highest BCUT2D eigenvalue weighted by atomic mass is 35.5. The van der Waals surface area contributed by atoms with E-state index in [4.69, 9.17) is 23.2 Å². The van der Waals surface area contributed by atoms with Crippen LogP contribution in [0, 0.1) is 5.82 Å². The van der Waals surface area contributed by atoms with Crippen molar-refractivity contribution in [1.29, 1.82) is 0 Å². The molecule has 0 aliphatic rings. The zero-order chi connectivity index (χ0) is 14.6. The van der Waals surface area contributed by atoms with E-state index in [2.05, 4.69) is 5.32 Å². The number of nitrogens with zero attached hydrogens (tertiary/aromatic N) is 1. The van der Waals surface area contributed by atoms with Gasteiger partial charge >= 0.3 is 0 Å². The Morgan fingerprint density at radius 3 is 2.58 bits per heavy atom. The highest BCUT2D eigenvalue weighted by Gasteiger charge is 2.25. The number of sulfonamides is 1. The average Bonchev–Trinajstić information content (AvgIpc) is 2.35. The standard InChI is InChI=1S/C11H15Cl2FN2O2S/c1-15-6-3-7-16(2)19(17,18)9-5-4-8(12)11(14)10(9)13/h4-5,15H,3,6-7H2,1-2H3. The minimum Gasteiger partial charge on any atom is -0.320 e. The Morgan fingerprint density at radius 1 is 1.37 bits per heavy atom. The lowest BCUT2D eigenvalue weighted by molar-refractivity contribution is 0.457. The van der Waals surface area contributed by atoms with Gasteiger partial charge < -0.3 is 5.32 Å². The van der Waals surface area contributed by atoms with E-state index in [0.29, 0.717) is 19.5 Å². The molecule has 1 aromatic rings. The molecule has 0 spiro atoms. The number of hydrogen-bond acceptors (Lipinski definition) is 3. The van der Waals surface area contributed by atoms with Gasteiger partial charge in [-0.15, -0.1) is 0 Å². The molecule has 0 fully saturated rings. The first-order valence-corrected chi connectivity index (χ1v) is 7.76. The molecule has 0 aromatic heterocycles. The molecular weight excluding hydrogens is 314 g/mol. The van der Waals surface area contributed by atoms with Crippen LogP contribution in [0.15, 0.2) is 17.0 Å². The Bertz CT molecular complexity index is 552. The third-order valence-electron chi connectivity index (χ3n) is 2.59. The predicted octanol–water partition coefficient (Wildman–Crippen LogP) is 2.36. The fraction of sp³-hybridized carbons (Fsp3) is 0.455. The molecule has 1 rings (SSSR count). The van der Waals surface area contributed by atoms with E-state index in [0.717, 1.165) is 4.31 Å². The van der Waals surface area contributed by atoms with Crippen LogP contribution in [0.3, 0.4) is 0 Å². The van der Waals surface area contributed by atoms with Gasteiger partial charge in [0.25, 0.3) is 0 Å². The fourth-order valence-corrected chi connectivity index (χ4v) is 3.40. The molecule has 0 atom stereocenters. The van der Waals surface area contributed by atoms with E-state index in [9.17, 15) is 12.8 Å². The Balaban J connectivity index is 3.04. The number of nitrogens with one attached hydrogen (secondary N) is 1. The summed E-state index contributed by atoms with van der Waals surface area (Å²) in [6, 6.07) is 2.38. The summed E-state index contributed by atoms with van der Waals surface area (Å²) in [7, 11) is -0.612. The summed E-state index contributed by atoms with van der Waals surface area (Å²) in [4.78, 5) is -0.275. The summed E-state index contributed by atoms with van der Waals surface area (Å²) in [6.07, 6.45) is 0.639. The molecule has 0 radical (unpaired) electrons. The molecule has 108 valence electrons. The lowest BCUT2D eigenvalue weighted by Gasteiger charge is -2.18. The molecular formula is C11H15Cl2FN2O2S. The lowest BCUT2D eigenvalue weighted by Crippen LogP contribution is -2.29. The fourth-order valence-electron chi connectivity index (χ4n) is 1.47. The Morgan fingerprint density at radius 2 is 2.00 bits per heavy atom. The largest absolute Gasteiger partial charge is 0.320 e. The number of rotatable bonds is 6. The van der Waals surface area contributed by atoms with E-state index in [1.54, 1.807) is 7.05 Å². The van der Waals surface area contributed by atoms with Gasteiger partial charge in [-0.25, -0.2) is 17.1 Å². The minimum absolute atomic E-state index is 0.207. The van der Waals surface area contributed by atoms with Gasteiger partial charge in [0, 0.05) is 13.6 Å². The van der Waals surface area contributed by atoms with Crippen molar-refractivity contribution in [2.75, 3.05) is 27.2 Å². The third-order valence-corrected chi connectivity index (χ3v) is 5.26. The minimum atomic E-state index is -3.81. The molecule has 0 bridgehead atoms. The topological polar surface area (TPSA) is 49.4 Å². The quantitative estimate of drug-likeness (QED) is 0.644. The number of halogens is 3. The van der Waals surface area contributed by atoms with Gasteiger partial charge in [-0.2, -0.15) is 0 Å².